The second-order valence-electron chi connectivity index (χ2n) is 2.43. The van der Waals surface area contributed by atoms with Crippen LogP contribution in [0, 0.1) is 6.92 Å². The number of hydrogen-bond acceptors (Lipinski definition) is 3. The second kappa shape index (κ2) is 3.23. The number of aldehydes is 1. The number of carbonyl (C=O) groups excluding carboxylic acids is 1. The van der Waals surface area contributed by atoms with Crippen molar-refractivity contribution in [3.05, 3.63) is 17.9 Å². The van der Waals surface area contributed by atoms with E-state index in [2.05, 4.69) is 0 Å². The molecule has 0 unspecified atom stereocenters. The van der Waals surface area contributed by atoms with Gasteiger partial charge in [0.25, 0.3) is 0 Å². The van der Waals surface area contributed by atoms with Crippen LogP contribution in [-0.4, -0.2) is 19.9 Å². The zero-order valence-corrected chi connectivity index (χ0v) is 6.70. The molecule has 0 spiro atoms. The Morgan fingerprint density at radius 2 is 2.36 bits per heavy atom. The van der Waals surface area contributed by atoms with E-state index < -0.39 is 0 Å². The number of hydrogen-bond donors (Lipinski definition) is 0. The maximum Gasteiger partial charge on any atom is 0.195 e. The van der Waals surface area contributed by atoms with Crippen LogP contribution in [0.2, 0.25) is 0 Å². The van der Waals surface area contributed by atoms with Gasteiger partial charge in [0.15, 0.2) is 5.88 Å². The summed E-state index contributed by atoms with van der Waals surface area (Å²) in [5.41, 5.74) is 0. The molecule has 3 nitrogen and oxygen atoms in total. The summed E-state index contributed by atoms with van der Waals surface area (Å²) in [6, 6.07) is 3.72. The normalized spacial score (nSPS) is 9.64. The standard InChI is InChI=1S/C8H11NO2/c1-7-3-4-8(11-7)9(2)5-6-10/h3-4,6H,5H2,1-2H3. The van der Waals surface area contributed by atoms with E-state index in [-0.39, 0.29) is 0 Å². The monoisotopic (exact) mass is 153 g/mol. The van der Waals surface area contributed by atoms with Crippen LogP contribution in [0.5, 0.6) is 0 Å². The molecule has 1 heterocycles. The van der Waals surface area contributed by atoms with Gasteiger partial charge in [0.1, 0.15) is 12.0 Å². The third-order valence-electron chi connectivity index (χ3n) is 1.45. The molecule has 0 N–H and O–H groups in total. The first-order chi connectivity index (χ1) is 5.24. The molecule has 0 aliphatic rings. The van der Waals surface area contributed by atoms with Gasteiger partial charge in [-0.3, -0.25) is 0 Å². The smallest absolute Gasteiger partial charge is 0.195 e. The summed E-state index contributed by atoms with van der Waals surface area (Å²) in [5.74, 6) is 1.59. The Kier molecular flexibility index (Phi) is 2.31. The van der Waals surface area contributed by atoms with Crippen LogP contribution in [0.1, 0.15) is 5.76 Å². The molecule has 3 heteroatoms. The van der Waals surface area contributed by atoms with Crippen LogP contribution in [0.25, 0.3) is 0 Å². The molecule has 0 bridgehead atoms. The molecule has 0 saturated carbocycles. The summed E-state index contributed by atoms with van der Waals surface area (Å²) in [7, 11) is 1.81. The van der Waals surface area contributed by atoms with Gasteiger partial charge in [-0.05, 0) is 13.0 Å². The molecule has 0 amide bonds. The van der Waals surface area contributed by atoms with Crippen molar-refractivity contribution in [3.63, 3.8) is 0 Å². The molecule has 0 aromatic carbocycles. The highest BCUT2D eigenvalue weighted by atomic mass is 16.4. The van der Waals surface area contributed by atoms with E-state index in [1.807, 2.05) is 26.1 Å². The van der Waals surface area contributed by atoms with E-state index in [0.717, 1.165) is 17.9 Å². The minimum atomic E-state index is 0.368. The number of likely N-dealkylation sites (N-methyl/N-ethyl adjacent to an activating group) is 1. The molecular weight excluding hydrogens is 142 g/mol. The Labute approximate surface area is 65.6 Å². The molecule has 60 valence electrons. The highest BCUT2D eigenvalue weighted by molar-refractivity contribution is 5.58. The van der Waals surface area contributed by atoms with Gasteiger partial charge in [0.2, 0.25) is 0 Å². The third kappa shape index (κ3) is 1.83. The Morgan fingerprint density at radius 3 is 2.82 bits per heavy atom. The van der Waals surface area contributed by atoms with Crippen molar-refractivity contribution in [2.75, 3.05) is 18.5 Å². The van der Waals surface area contributed by atoms with E-state index in [0.29, 0.717) is 6.54 Å². The lowest BCUT2D eigenvalue weighted by Gasteiger charge is -2.10. The fourth-order valence-corrected chi connectivity index (χ4v) is 0.829. The summed E-state index contributed by atoms with van der Waals surface area (Å²) in [5, 5.41) is 0. The largest absolute Gasteiger partial charge is 0.446 e. The Bertz CT molecular complexity index is 242. The zero-order chi connectivity index (χ0) is 8.27. The minimum Gasteiger partial charge on any atom is -0.446 e. The van der Waals surface area contributed by atoms with Gasteiger partial charge in [-0.15, -0.1) is 0 Å². The van der Waals surface area contributed by atoms with Gasteiger partial charge < -0.3 is 14.1 Å². The summed E-state index contributed by atoms with van der Waals surface area (Å²) in [4.78, 5) is 11.9. The zero-order valence-electron chi connectivity index (χ0n) is 6.70. The fraction of sp³-hybridized carbons (Fsp3) is 0.375. The number of anilines is 1. The lowest BCUT2D eigenvalue weighted by Crippen LogP contribution is -2.18. The SMILES string of the molecule is Cc1ccc(N(C)CC=O)o1. The number of aryl methyl sites for hydroxylation is 1. The minimum absolute atomic E-state index is 0.368. The maximum atomic E-state index is 10.1. The van der Waals surface area contributed by atoms with Crippen LogP contribution in [0.4, 0.5) is 5.88 Å². The van der Waals surface area contributed by atoms with Gasteiger partial charge in [0.05, 0.1) is 6.54 Å². The van der Waals surface area contributed by atoms with E-state index in [9.17, 15) is 4.79 Å². The highest BCUT2D eigenvalue weighted by Crippen LogP contribution is 2.15. The van der Waals surface area contributed by atoms with Crippen LogP contribution < -0.4 is 4.90 Å². The average molecular weight is 153 g/mol. The fourth-order valence-electron chi connectivity index (χ4n) is 0.829. The number of rotatable bonds is 3. The maximum absolute atomic E-state index is 10.1. The molecule has 0 fully saturated rings. The van der Waals surface area contributed by atoms with Crippen molar-refractivity contribution in [1.82, 2.24) is 0 Å². The number of nitrogens with zero attached hydrogens (tertiary/aromatic N) is 1. The molecular formula is C8H11NO2. The number of furan rings is 1. The summed E-state index contributed by atoms with van der Waals surface area (Å²) in [6.07, 6.45) is 0.845. The van der Waals surface area contributed by atoms with E-state index in [1.54, 1.807) is 4.90 Å². The molecule has 0 aliphatic heterocycles. The lowest BCUT2D eigenvalue weighted by molar-refractivity contribution is -0.106. The second-order valence-corrected chi connectivity index (χ2v) is 2.43. The van der Waals surface area contributed by atoms with Crippen LogP contribution in [-0.2, 0) is 4.79 Å². The van der Waals surface area contributed by atoms with Crippen molar-refractivity contribution < 1.29 is 9.21 Å². The average Bonchev–Trinajstić information content (AvgIpc) is 2.36. The van der Waals surface area contributed by atoms with Crippen molar-refractivity contribution >= 4 is 12.2 Å². The van der Waals surface area contributed by atoms with E-state index in [4.69, 9.17) is 4.42 Å². The van der Waals surface area contributed by atoms with Crippen molar-refractivity contribution in [2.45, 2.75) is 6.92 Å². The first-order valence-corrected chi connectivity index (χ1v) is 3.45. The van der Waals surface area contributed by atoms with Crippen molar-refractivity contribution in [2.24, 2.45) is 0 Å². The molecule has 0 aliphatic carbocycles. The predicted molar refractivity (Wildman–Crippen MR) is 42.8 cm³/mol. The van der Waals surface area contributed by atoms with Crippen molar-refractivity contribution in [1.29, 1.82) is 0 Å². The van der Waals surface area contributed by atoms with Crippen LogP contribution in [0.3, 0.4) is 0 Å². The Balaban J connectivity index is 2.67. The number of carbonyl (C=O) groups is 1. The van der Waals surface area contributed by atoms with Gasteiger partial charge in [-0.25, -0.2) is 0 Å². The molecule has 1 aromatic heterocycles. The molecule has 0 atom stereocenters. The van der Waals surface area contributed by atoms with Crippen molar-refractivity contribution in [3.8, 4) is 0 Å². The molecule has 11 heavy (non-hydrogen) atoms. The van der Waals surface area contributed by atoms with Gasteiger partial charge in [-0.1, -0.05) is 0 Å². The summed E-state index contributed by atoms with van der Waals surface area (Å²) in [6.45, 7) is 2.24. The predicted octanol–water partition coefficient (Wildman–Crippen LogP) is 1.22. The Hall–Kier alpha value is -1.25. The van der Waals surface area contributed by atoms with E-state index >= 15 is 0 Å². The quantitative estimate of drug-likeness (QED) is 0.612. The highest BCUT2D eigenvalue weighted by Gasteiger charge is 2.02. The van der Waals surface area contributed by atoms with Crippen LogP contribution >= 0.6 is 0 Å². The first kappa shape index (κ1) is 7.85. The Morgan fingerprint density at radius 1 is 1.64 bits per heavy atom. The molecule has 0 radical (unpaired) electrons. The lowest BCUT2D eigenvalue weighted by atomic mass is 10.5. The van der Waals surface area contributed by atoms with Crippen LogP contribution in [0.15, 0.2) is 16.5 Å². The topological polar surface area (TPSA) is 33.5 Å². The third-order valence-corrected chi connectivity index (χ3v) is 1.45. The van der Waals surface area contributed by atoms with Gasteiger partial charge >= 0.3 is 0 Å². The summed E-state index contributed by atoms with van der Waals surface area (Å²) >= 11 is 0. The van der Waals surface area contributed by atoms with E-state index in [1.165, 1.54) is 0 Å². The molecule has 0 saturated heterocycles. The van der Waals surface area contributed by atoms with Gasteiger partial charge in [-0.2, -0.15) is 0 Å². The molecule has 1 aromatic rings. The molecule has 1 rings (SSSR count). The first-order valence-electron chi connectivity index (χ1n) is 3.45. The van der Waals surface area contributed by atoms with Gasteiger partial charge in [0, 0.05) is 13.1 Å². The summed E-state index contributed by atoms with van der Waals surface area (Å²) < 4.78 is 5.26.